The van der Waals surface area contributed by atoms with E-state index in [1.807, 2.05) is 19.1 Å². The van der Waals surface area contributed by atoms with Crippen LogP contribution in [0.4, 0.5) is 10.5 Å². The molecule has 0 fully saturated rings. The number of carbonyl (C=O) groups excluding carboxylic acids is 3. The first-order valence-electron chi connectivity index (χ1n) is 11.1. The molecule has 4 N–H and O–H groups in total. The SMILES string of the molecule is Cc1ccccc1NC(=O)C(c1ccc(O)cc1)N(CCO)C(=O)C(CS)NC(=O)OC(C)(C)C. The molecule has 2 unspecified atom stereocenters. The monoisotopic (exact) mass is 503 g/mol. The Labute approximate surface area is 210 Å². The largest absolute Gasteiger partial charge is 0.508 e. The molecule has 2 rings (SSSR count). The number of anilines is 1. The van der Waals surface area contributed by atoms with E-state index >= 15 is 0 Å². The van der Waals surface area contributed by atoms with E-state index in [4.69, 9.17) is 4.74 Å². The quantitative estimate of drug-likeness (QED) is 0.335. The second-order valence-corrected chi connectivity index (χ2v) is 9.30. The highest BCUT2D eigenvalue weighted by molar-refractivity contribution is 7.80. The standard InChI is InChI=1S/C25H33N3O6S/c1-16-7-5-6-8-19(16)26-22(31)21(17-9-11-18(30)12-10-17)28(13-14-29)23(32)20(15-35)27-24(33)34-25(2,3)4/h5-12,20-21,29-30,35H,13-15H2,1-4H3,(H,26,31)(H,27,33). The molecule has 0 heterocycles. The average Bonchev–Trinajstić information content (AvgIpc) is 2.78. The number of thiol groups is 1. The van der Waals surface area contributed by atoms with Gasteiger partial charge in [-0.15, -0.1) is 0 Å². The van der Waals surface area contributed by atoms with Crippen LogP contribution in [0.25, 0.3) is 0 Å². The smallest absolute Gasteiger partial charge is 0.408 e. The Kier molecular flexibility index (Phi) is 9.97. The van der Waals surface area contributed by atoms with Crippen molar-refractivity contribution in [2.75, 3.05) is 24.2 Å². The molecule has 0 radical (unpaired) electrons. The van der Waals surface area contributed by atoms with Crippen LogP contribution in [0.2, 0.25) is 0 Å². The molecule has 3 amide bonds. The fourth-order valence-electron chi connectivity index (χ4n) is 3.35. The highest BCUT2D eigenvalue weighted by atomic mass is 32.1. The Morgan fingerprint density at radius 1 is 1.09 bits per heavy atom. The third-order valence-corrected chi connectivity index (χ3v) is 5.33. The van der Waals surface area contributed by atoms with Gasteiger partial charge in [-0.3, -0.25) is 9.59 Å². The second kappa shape index (κ2) is 12.5. The fourth-order valence-corrected chi connectivity index (χ4v) is 3.60. The Hall–Kier alpha value is -3.24. The summed E-state index contributed by atoms with van der Waals surface area (Å²) < 4.78 is 5.25. The first-order valence-corrected chi connectivity index (χ1v) is 11.8. The van der Waals surface area contributed by atoms with Crippen molar-refractivity contribution in [3.8, 4) is 5.75 Å². The van der Waals surface area contributed by atoms with Crippen molar-refractivity contribution >= 4 is 36.2 Å². The summed E-state index contributed by atoms with van der Waals surface area (Å²) in [7, 11) is 0. The number of hydrogen-bond donors (Lipinski definition) is 5. The lowest BCUT2D eigenvalue weighted by molar-refractivity contribution is -0.140. The Morgan fingerprint density at radius 2 is 1.71 bits per heavy atom. The highest BCUT2D eigenvalue weighted by Gasteiger charge is 2.35. The molecule has 0 aliphatic carbocycles. The minimum absolute atomic E-state index is 0.00771. The number of alkyl carbamates (subject to hydrolysis) is 1. The molecule has 2 atom stereocenters. The topological polar surface area (TPSA) is 128 Å². The van der Waals surface area contributed by atoms with Gasteiger partial charge in [-0.1, -0.05) is 30.3 Å². The van der Waals surface area contributed by atoms with Crippen LogP contribution in [0.3, 0.4) is 0 Å². The minimum atomic E-state index is -1.17. The predicted octanol–water partition coefficient (Wildman–Crippen LogP) is 3.02. The van der Waals surface area contributed by atoms with Gasteiger partial charge in [-0.25, -0.2) is 4.79 Å². The zero-order chi connectivity index (χ0) is 26.2. The number of benzene rings is 2. The van der Waals surface area contributed by atoms with Gasteiger partial charge in [0.25, 0.3) is 5.91 Å². The normalized spacial score (nSPS) is 12.9. The summed E-state index contributed by atoms with van der Waals surface area (Å²) >= 11 is 4.20. The second-order valence-electron chi connectivity index (χ2n) is 8.93. The van der Waals surface area contributed by atoms with Crippen LogP contribution < -0.4 is 10.6 Å². The van der Waals surface area contributed by atoms with Crippen molar-refractivity contribution in [2.24, 2.45) is 0 Å². The molecule has 2 aromatic rings. The molecule has 0 saturated heterocycles. The number of aliphatic hydroxyl groups is 1. The van der Waals surface area contributed by atoms with Crippen LogP contribution in [0.15, 0.2) is 48.5 Å². The van der Waals surface area contributed by atoms with E-state index in [0.717, 1.165) is 5.56 Å². The van der Waals surface area contributed by atoms with Crippen molar-refractivity contribution in [2.45, 2.75) is 45.4 Å². The van der Waals surface area contributed by atoms with Gasteiger partial charge in [0.15, 0.2) is 0 Å². The van der Waals surface area contributed by atoms with Gasteiger partial charge in [-0.05, 0) is 57.0 Å². The Morgan fingerprint density at radius 3 is 2.26 bits per heavy atom. The van der Waals surface area contributed by atoms with E-state index in [-0.39, 0.29) is 18.0 Å². The Balaban J connectivity index is 2.43. The van der Waals surface area contributed by atoms with E-state index in [0.29, 0.717) is 11.3 Å². The van der Waals surface area contributed by atoms with Crippen LogP contribution in [-0.4, -0.2) is 63.6 Å². The number of aliphatic hydroxyl groups excluding tert-OH is 1. The van der Waals surface area contributed by atoms with Crippen molar-refractivity contribution in [3.63, 3.8) is 0 Å². The van der Waals surface area contributed by atoms with E-state index in [2.05, 4.69) is 23.3 Å². The number of rotatable bonds is 9. The van der Waals surface area contributed by atoms with Crippen molar-refractivity contribution < 1.29 is 29.3 Å². The van der Waals surface area contributed by atoms with Crippen LogP contribution in [0, 0.1) is 6.92 Å². The van der Waals surface area contributed by atoms with Gasteiger partial charge in [0.2, 0.25) is 5.91 Å². The third-order valence-electron chi connectivity index (χ3n) is 4.97. The third kappa shape index (κ3) is 8.18. The molecular formula is C25H33N3O6S. The van der Waals surface area contributed by atoms with Gasteiger partial charge in [0.05, 0.1) is 6.61 Å². The number of aromatic hydroxyl groups is 1. The van der Waals surface area contributed by atoms with Crippen LogP contribution in [0.5, 0.6) is 5.75 Å². The number of phenolic OH excluding ortho intramolecular Hbond substituents is 1. The lowest BCUT2D eigenvalue weighted by atomic mass is 10.0. The summed E-state index contributed by atoms with van der Waals surface area (Å²) in [4.78, 5) is 40.5. The molecule has 35 heavy (non-hydrogen) atoms. The minimum Gasteiger partial charge on any atom is -0.508 e. The lowest BCUT2D eigenvalue weighted by Crippen LogP contribution is -2.53. The Bertz CT molecular complexity index is 1020. The number of amides is 3. The summed E-state index contributed by atoms with van der Waals surface area (Å²) in [5.41, 5.74) is 1.02. The van der Waals surface area contributed by atoms with E-state index in [1.165, 1.54) is 29.2 Å². The summed E-state index contributed by atoms with van der Waals surface area (Å²) in [5, 5.41) is 24.8. The molecular weight excluding hydrogens is 470 g/mol. The first-order chi connectivity index (χ1) is 16.5. The van der Waals surface area contributed by atoms with Crippen molar-refractivity contribution in [1.82, 2.24) is 10.2 Å². The zero-order valence-corrected chi connectivity index (χ0v) is 21.2. The van der Waals surface area contributed by atoms with Gasteiger partial charge < -0.3 is 30.5 Å². The van der Waals surface area contributed by atoms with Gasteiger partial charge in [0.1, 0.15) is 23.4 Å². The molecule has 0 aliphatic heterocycles. The molecule has 9 nitrogen and oxygen atoms in total. The lowest BCUT2D eigenvalue weighted by Gasteiger charge is -2.34. The number of carbonyl (C=O) groups is 3. The van der Waals surface area contributed by atoms with E-state index < -0.39 is 42.2 Å². The molecule has 2 aromatic carbocycles. The summed E-state index contributed by atoms with van der Waals surface area (Å²) in [6.45, 7) is 6.30. The number of para-hydroxylation sites is 1. The van der Waals surface area contributed by atoms with E-state index in [1.54, 1.807) is 32.9 Å². The maximum atomic E-state index is 13.5. The summed E-state index contributed by atoms with van der Waals surface area (Å²) in [6, 6.07) is 10.7. The molecule has 0 spiro atoms. The van der Waals surface area contributed by atoms with Crippen LogP contribution in [0.1, 0.15) is 37.9 Å². The average molecular weight is 504 g/mol. The van der Waals surface area contributed by atoms with Crippen LogP contribution >= 0.6 is 12.6 Å². The molecule has 0 aliphatic rings. The fraction of sp³-hybridized carbons (Fsp3) is 0.400. The zero-order valence-electron chi connectivity index (χ0n) is 20.3. The highest BCUT2D eigenvalue weighted by Crippen LogP contribution is 2.26. The number of nitrogens with one attached hydrogen (secondary N) is 2. The number of aryl methyl sites for hydroxylation is 1. The number of ether oxygens (including phenoxy) is 1. The first kappa shape index (κ1) is 28.0. The molecule has 190 valence electrons. The molecule has 0 aromatic heterocycles. The van der Waals surface area contributed by atoms with Crippen LogP contribution in [-0.2, 0) is 14.3 Å². The molecule has 0 bridgehead atoms. The van der Waals surface area contributed by atoms with Crippen molar-refractivity contribution in [3.05, 3.63) is 59.7 Å². The number of hydrogen-bond acceptors (Lipinski definition) is 7. The summed E-state index contributed by atoms with van der Waals surface area (Å²) in [6.07, 6.45) is -0.806. The van der Waals surface area contributed by atoms with Crippen molar-refractivity contribution in [1.29, 1.82) is 0 Å². The predicted molar refractivity (Wildman–Crippen MR) is 136 cm³/mol. The van der Waals surface area contributed by atoms with E-state index in [9.17, 15) is 24.6 Å². The number of nitrogens with zero attached hydrogens (tertiary/aromatic N) is 1. The van der Waals surface area contributed by atoms with Gasteiger partial charge in [-0.2, -0.15) is 12.6 Å². The van der Waals surface area contributed by atoms with Gasteiger partial charge >= 0.3 is 6.09 Å². The molecule has 0 saturated carbocycles. The summed E-state index contributed by atoms with van der Waals surface area (Å²) in [5.74, 6) is -1.23. The van der Waals surface area contributed by atoms with Gasteiger partial charge in [0, 0.05) is 18.0 Å². The maximum Gasteiger partial charge on any atom is 0.408 e. The maximum absolute atomic E-state index is 13.5. The molecule has 10 heteroatoms. The number of phenols is 1.